The largest absolute Gasteiger partial charge is 0.374 e. The highest BCUT2D eigenvalue weighted by Crippen LogP contribution is 2.56. The van der Waals surface area contributed by atoms with Gasteiger partial charge in [0.15, 0.2) is 0 Å². The number of anilines is 4. The Kier molecular flexibility index (Phi) is 15.5. The SMILES string of the molecule is CC(C)(C)c1cc(/C2=C3\C=CC(=N3)/C(c3c(NC(=O)[C@H]4CC4(C)C)cccc3NC(=O)[C@H]3CC3(C)C)=c3/cc/c([nH]3)=C(\c3cc(C(C)(C)C)cc(C(C)(C)C)c3)C3C=C/C(=C(\c4c(NC(=O)[C@H]5CC5(C)C)cccc4NC(=O)[C@H]4CC4(C)C)c4ccc2[nH]4)N3)cc(C(C)(C)C)c1. The molecular weight excluding hydrogens is 1180 g/mol. The maximum atomic E-state index is 14.6. The number of aliphatic imine (C=N–C) groups is 1. The summed E-state index contributed by atoms with van der Waals surface area (Å²) in [6, 6.07) is 33.7. The number of aromatic nitrogens is 2. The van der Waals surface area contributed by atoms with Crippen molar-refractivity contribution in [1.29, 1.82) is 0 Å². The van der Waals surface area contributed by atoms with Crippen molar-refractivity contribution in [3.05, 3.63) is 199 Å². The van der Waals surface area contributed by atoms with E-state index < -0.39 is 6.04 Å². The van der Waals surface area contributed by atoms with E-state index in [9.17, 15) is 19.2 Å². The highest BCUT2D eigenvalue weighted by atomic mass is 16.2. The average Bonchev–Trinajstić information content (AvgIpc) is 1.37. The van der Waals surface area contributed by atoms with E-state index in [1.165, 1.54) is 22.3 Å². The van der Waals surface area contributed by atoms with E-state index >= 15 is 0 Å². The molecule has 5 heterocycles. The van der Waals surface area contributed by atoms with Crippen LogP contribution in [-0.4, -0.2) is 45.4 Å². The number of carbonyl (C=O) groups excluding carboxylic acids is 4. The summed E-state index contributed by atoms with van der Waals surface area (Å²) in [6.07, 6.45) is 11.6. The van der Waals surface area contributed by atoms with E-state index in [1.807, 2.05) is 36.4 Å². The van der Waals surface area contributed by atoms with Gasteiger partial charge in [-0.15, -0.1) is 0 Å². The lowest BCUT2D eigenvalue weighted by Crippen LogP contribution is -2.31. The first-order valence-electron chi connectivity index (χ1n) is 34.8. The summed E-state index contributed by atoms with van der Waals surface area (Å²) in [6.45, 7) is 44.2. The predicted octanol–water partition coefficient (Wildman–Crippen LogP) is 16.6. The fourth-order valence-corrected chi connectivity index (χ4v) is 14.5. The first-order valence-corrected chi connectivity index (χ1v) is 34.8. The zero-order valence-electron chi connectivity index (χ0n) is 60.3. The Balaban J connectivity index is 1.15. The molecule has 4 amide bonds. The van der Waals surface area contributed by atoms with Crippen molar-refractivity contribution in [3.8, 4) is 0 Å². The quantitative estimate of drug-likeness (QED) is 0.0645. The third kappa shape index (κ3) is 12.7. The molecule has 96 heavy (non-hydrogen) atoms. The molecule has 4 aliphatic carbocycles. The Morgan fingerprint density at radius 2 is 0.792 bits per heavy atom. The van der Waals surface area contributed by atoms with E-state index in [0.29, 0.717) is 50.9 Å². The van der Waals surface area contributed by atoms with Gasteiger partial charge in [0.25, 0.3) is 0 Å². The molecule has 4 aromatic carbocycles. The van der Waals surface area contributed by atoms with Gasteiger partial charge in [-0.25, -0.2) is 4.99 Å². The van der Waals surface area contributed by atoms with Crippen molar-refractivity contribution < 1.29 is 19.2 Å². The Bertz CT molecular complexity index is 4440. The van der Waals surface area contributed by atoms with E-state index in [1.54, 1.807) is 0 Å². The summed E-state index contributed by atoms with van der Waals surface area (Å²) in [5, 5.41) is 19.4. The second-order valence-corrected chi connectivity index (χ2v) is 35.7. The van der Waals surface area contributed by atoms with Crippen LogP contribution in [0.5, 0.6) is 0 Å². The molecule has 8 bridgehead atoms. The van der Waals surface area contributed by atoms with Gasteiger partial charge in [0.2, 0.25) is 23.6 Å². The van der Waals surface area contributed by atoms with Crippen LogP contribution in [0.3, 0.4) is 0 Å². The zero-order chi connectivity index (χ0) is 69.1. The monoisotopic (exact) mass is 1280 g/mol. The Hall–Kier alpha value is -8.51. The molecule has 7 aliphatic rings. The topological polar surface area (TPSA) is 172 Å². The van der Waals surface area contributed by atoms with Crippen molar-refractivity contribution in [2.24, 2.45) is 50.3 Å². The molecular formula is C84H100N8O4. The second-order valence-electron chi connectivity index (χ2n) is 35.7. The first-order chi connectivity index (χ1) is 44.7. The van der Waals surface area contributed by atoms with E-state index in [4.69, 9.17) is 4.99 Å². The molecule has 12 nitrogen and oxygen atoms in total. The number of nitrogens with zero attached hydrogens (tertiary/aromatic N) is 1. The van der Waals surface area contributed by atoms with Gasteiger partial charge in [-0.3, -0.25) is 19.2 Å². The molecule has 2 aromatic heterocycles. The lowest BCUT2D eigenvalue weighted by atomic mass is 9.78. The number of rotatable bonds is 12. The first kappa shape index (κ1) is 66.1. The number of nitrogens with one attached hydrogen (secondary N) is 7. The molecule has 7 N–H and O–H groups in total. The number of hydrogen-bond acceptors (Lipinski definition) is 6. The number of aromatic amines is 2. The third-order valence-corrected chi connectivity index (χ3v) is 21.9. The van der Waals surface area contributed by atoms with Gasteiger partial charge in [0, 0.05) is 84.9 Å². The second kappa shape index (κ2) is 22.5. The Labute approximate surface area is 568 Å². The van der Waals surface area contributed by atoms with Crippen LogP contribution in [0.4, 0.5) is 22.7 Å². The highest BCUT2D eigenvalue weighted by Gasteiger charge is 2.54. The molecule has 0 saturated heterocycles. The van der Waals surface area contributed by atoms with Gasteiger partial charge >= 0.3 is 0 Å². The molecule has 1 unspecified atom stereocenters. The number of amides is 4. The number of hydrogen-bond donors (Lipinski definition) is 7. The summed E-state index contributed by atoms with van der Waals surface area (Å²) in [7, 11) is 0. The molecule has 13 rings (SSSR count). The third-order valence-electron chi connectivity index (χ3n) is 21.9. The Morgan fingerprint density at radius 1 is 0.427 bits per heavy atom. The smallest absolute Gasteiger partial charge is 0.228 e. The van der Waals surface area contributed by atoms with Crippen LogP contribution in [0.15, 0.2) is 138 Å². The minimum absolute atomic E-state index is 0.0603. The molecule has 3 aliphatic heterocycles. The van der Waals surface area contributed by atoms with E-state index in [-0.39, 0.29) is 90.6 Å². The molecule has 4 fully saturated rings. The van der Waals surface area contributed by atoms with Crippen molar-refractivity contribution in [2.45, 2.75) is 192 Å². The number of allylic oxidation sites excluding steroid dienone is 3. The van der Waals surface area contributed by atoms with Gasteiger partial charge in [-0.2, -0.15) is 0 Å². The molecule has 4 saturated carbocycles. The fraction of sp³-hybridized carbons (Fsp3) is 0.440. The lowest BCUT2D eigenvalue weighted by molar-refractivity contribution is -0.118. The van der Waals surface area contributed by atoms with E-state index in [0.717, 1.165) is 81.3 Å². The van der Waals surface area contributed by atoms with Crippen molar-refractivity contribution >= 4 is 74.4 Å². The minimum Gasteiger partial charge on any atom is -0.374 e. The fourth-order valence-electron chi connectivity index (χ4n) is 14.5. The van der Waals surface area contributed by atoms with Crippen molar-refractivity contribution in [2.75, 3.05) is 21.3 Å². The summed E-state index contributed by atoms with van der Waals surface area (Å²) in [5.74, 6) is -0.980. The lowest BCUT2D eigenvalue weighted by Gasteiger charge is -2.28. The average molecular weight is 1290 g/mol. The van der Waals surface area contributed by atoms with Crippen molar-refractivity contribution in [3.63, 3.8) is 0 Å². The van der Waals surface area contributed by atoms with Crippen LogP contribution in [-0.2, 0) is 40.8 Å². The highest BCUT2D eigenvalue weighted by molar-refractivity contribution is 6.33. The molecule has 6 aromatic rings. The van der Waals surface area contributed by atoms with Crippen LogP contribution < -0.4 is 37.3 Å². The van der Waals surface area contributed by atoms with E-state index in [2.05, 4.69) is 260 Å². The number of fused-ring (bicyclic) bond motifs is 7. The molecule has 12 heteroatoms. The van der Waals surface area contributed by atoms with Gasteiger partial charge in [-0.1, -0.05) is 193 Å². The van der Waals surface area contributed by atoms with Crippen LogP contribution >= 0.6 is 0 Å². The zero-order valence-corrected chi connectivity index (χ0v) is 60.3. The molecule has 5 atom stereocenters. The maximum Gasteiger partial charge on any atom is 0.228 e. The number of carbonyl (C=O) groups is 4. The number of H-pyrrole nitrogens is 2. The molecule has 500 valence electrons. The molecule has 0 radical (unpaired) electrons. The van der Waals surface area contributed by atoms with Gasteiger partial charge in [-0.05, 0) is 169 Å². The Morgan fingerprint density at radius 3 is 1.18 bits per heavy atom. The van der Waals surface area contributed by atoms with Crippen LogP contribution in [0.1, 0.15) is 220 Å². The minimum atomic E-state index is -0.457. The number of benzene rings is 4. The normalized spacial score (nSPS) is 25.2. The predicted molar refractivity (Wildman–Crippen MR) is 393 cm³/mol. The van der Waals surface area contributed by atoms with Gasteiger partial charge < -0.3 is 36.6 Å². The summed E-state index contributed by atoms with van der Waals surface area (Å²) < 4.78 is 0. The summed E-state index contributed by atoms with van der Waals surface area (Å²) >= 11 is 0. The standard InChI is InChI=1S/C84H100N8O4/c1-77(2,3)47-35-45(36-48(39-47)78(4,5)6)67-59-27-31-63(85-59)71(69-55(89-73(93)51-41-81(51,13)14)23-21-24-56(69)90-74(94)52-42-82(52,15)16)65-33-29-61(87-65)68(46-37-49(79(7,8)9)40-50(38-46)80(10,11)12)62-30-34-66(88-62)72(64-32-28-60(67)86-64)70-57(91-75(95)53-43-83(53,17)18)25-22-26-58(70)92-76(96)54-44-84(54,19)20/h21-40,51-54,59,85-87H,41-44H2,1-20H3,(H,89,93)(H,90,94)(H,91,95)(H,92,96)/b67-60-,68-62-,71-63+,72-64+/t51-,52-,53-,54-,59?/m1/s1. The molecule has 0 spiro atoms. The van der Waals surface area contributed by atoms with Gasteiger partial charge in [0.05, 0.1) is 40.2 Å². The van der Waals surface area contributed by atoms with Crippen LogP contribution in [0, 0.1) is 45.3 Å². The van der Waals surface area contributed by atoms with Crippen molar-refractivity contribution in [1.82, 2.24) is 15.3 Å². The maximum absolute atomic E-state index is 14.6. The van der Waals surface area contributed by atoms with Crippen LogP contribution in [0.2, 0.25) is 0 Å². The van der Waals surface area contributed by atoms with Gasteiger partial charge in [0.1, 0.15) is 0 Å². The van der Waals surface area contributed by atoms with Crippen LogP contribution in [0.25, 0.3) is 22.3 Å². The summed E-state index contributed by atoms with van der Waals surface area (Å²) in [4.78, 5) is 72.5. The summed E-state index contributed by atoms with van der Waals surface area (Å²) in [5.41, 5.74) is 15.8.